The van der Waals surface area contributed by atoms with Crippen molar-refractivity contribution in [3.63, 3.8) is 0 Å². The van der Waals surface area contributed by atoms with Gasteiger partial charge in [-0.1, -0.05) is 182 Å². The zero-order valence-electron chi connectivity index (χ0n) is 45.2. The number of pyridine rings is 2. The van der Waals surface area contributed by atoms with Gasteiger partial charge < -0.3 is 10.2 Å². The van der Waals surface area contributed by atoms with Crippen molar-refractivity contribution < 1.29 is 4.79 Å². The number of nitrogens with zero attached hydrogens (tertiary/aromatic N) is 7. The summed E-state index contributed by atoms with van der Waals surface area (Å²) in [5.41, 5.74) is 13.9. The molecule has 0 aliphatic carbocycles. The highest BCUT2D eigenvalue weighted by Gasteiger charge is 2.49. The van der Waals surface area contributed by atoms with Crippen LogP contribution in [0.5, 0.6) is 0 Å². The van der Waals surface area contributed by atoms with Crippen LogP contribution in [0.25, 0.3) is 44.3 Å². The molecule has 14 rings (SSSR count). The van der Waals surface area contributed by atoms with Crippen molar-refractivity contribution in [2.24, 2.45) is 5.41 Å². The minimum Gasteiger partial charge on any atom is -0.316 e. The van der Waals surface area contributed by atoms with Crippen LogP contribution in [0.15, 0.2) is 255 Å². The average Bonchev–Trinajstić information content (AvgIpc) is 4.10. The van der Waals surface area contributed by atoms with Gasteiger partial charge in [0.15, 0.2) is 0 Å². The number of anilines is 1. The first-order chi connectivity index (χ1) is 39.8. The molecule has 2 fully saturated rings. The average molecular weight is 1170 g/mol. The van der Waals surface area contributed by atoms with Crippen molar-refractivity contribution >= 4 is 56.0 Å². The molecule has 0 unspecified atom stereocenters. The highest BCUT2D eigenvalue weighted by atomic mass is 127. The molecule has 9 nitrogen and oxygen atoms in total. The summed E-state index contributed by atoms with van der Waals surface area (Å²) in [6.45, 7) is 6.42. The lowest BCUT2D eigenvalue weighted by molar-refractivity contribution is -0.124. The molecule has 1 atom stereocenters. The molecule has 396 valence electrons. The van der Waals surface area contributed by atoms with E-state index in [-0.39, 0.29) is 11.3 Å². The van der Waals surface area contributed by atoms with Crippen LogP contribution >= 0.6 is 22.6 Å². The first-order valence-corrected chi connectivity index (χ1v) is 28.8. The quantitative estimate of drug-likeness (QED) is 0.102. The fraction of sp³-hybridized carbons (Fsp3) is 0.141. The number of rotatable bonds is 11. The number of carbonyl (C=O) groups excluding carboxylic acids is 1. The molecule has 10 heteroatoms. The van der Waals surface area contributed by atoms with Crippen LogP contribution in [0, 0.1) is 22.8 Å². The second-order valence-corrected chi connectivity index (χ2v) is 22.5. The normalized spacial score (nSPS) is 15.3. The van der Waals surface area contributed by atoms with Gasteiger partial charge in [-0.3, -0.25) is 14.8 Å². The lowest BCUT2D eigenvalue weighted by Crippen LogP contribution is -2.38. The zero-order valence-corrected chi connectivity index (χ0v) is 47.4. The number of aromatic nitrogens is 6. The summed E-state index contributed by atoms with van der Waals surface area (Å²) in [5.74, 6) is 0.229. The maximum atomic E-state index is 13.8. The van der Waals surface area contributed by atoms with Crippen LogP contribution in [0.1, 0.15) is 57.6 Å². The van der Waals surface area contributed by atoms with Gasteiger partial charge in [-0.2, -0.15) is 10.2 Å². The molecule has 2 saturated heterocycles. The van der Waals surface area contributed by atoms with Crippen LogP contribution < -0.4 is 10.2 Å². The van der Waals surface area contributed by atoms with Gasteiger partial charge in [-0.05, 0) is 150 Å². The molecule has 0 bridgehead atoms. The first-order valence-electron chi connectivity index (χ1n) is 27.7. The summed E-state index contributed by atoms with van der Waals surface area (Å²) < 4.78 is 5.60. The SMILES string of the molecule is Cc1cc(-c2nn(C(c3ccccc3)(c3ccccc3)c3ccccc3)c3ccc(I)cc23)ccn1.Cc1cc(-c2nn(C(c3ccccc3)(c3ccccc3)c3ccccc3)c3ccc(N4CC[C@]5(CCNC5)C4=O)cc23)ccn1. The number of hydrogen-bond acceptors (Lipinski definition) is 6. The minimum absolute atomic E-state index is 0.229. The minimum atomic E-state index is -0.771. The Kier molecular flexibility index (Phi) is 13.8. The highest BCUT2D eigenvalue weighted by Crippen LogP contribution is 2.47. The van der Waals surface area contributed by atoms with Gasteiger partial charge in [0.2, 0.25) is 5.91 Å². The van der Waals surface area contributed by atoms with E-state index in [1.165, 1.54) is 3.57 Å². The monoisotopic (exact) mass is 1170 g/mol. The Morgan fingerprint density at radius 1 is 0.469 bits per heavy atom. The van der Waals surface area contributed by atoms with Crippen LogP contribution in [-0.2, 0) is 15.9 Å². The number of amides is 1. The molecule has 1 amide bonds. The Hall–Kier alpha value is -8.84. The Labute approximate surface area is 486 Å². The van der Waals surface area contributed by atoms with Gasteiger partial charge in [0, 0.05) is 68.0 Å². The predicted molar refractivity (Wildman–Crippen MR) is 334 cm³/mol. The molecule has 0 saturated carbocycles. The molecular formula is C71H59IN8O. The number of fused-ring (bicyclic) bond motifs is 2. The number of carbonyl (C=O) groups is 1. The summed E-state index contributed by atoms with van der Waals surface area (Å²) in [4.78, 5) is 24.7. The molecule has 8 aromatic carbocycles. The molecule has 4 aromatic heterocycles. The summed E-state index contributed by atoms with van der Waals surface area (Å²) in [6.07, 6.45) is 5.49. The van der Waals surface area contributed by atoms with E-state index in [0.717, 1.165) is 127 Å². The molecule has 2 aliphatic heterocycles. The van der Waals surface area contributed by atoms with E-state index in [1.54, 1.807) is 0 Å². The van der Waals surface area contributed by atoms with Crippen molar-refractivity contribution in [1.82, 2.24) is 34.8 Å². The van der Waals surface area contributed by atoms with Crippen LogP contribution in [0.2, 0.25) is 0 Å². The lowest BCUT2D eigenvalue weighted by atomic mass is 9.77. The van der Waals surface area contributed by atoms with E-state index < -0.39 is 11.1 Å². The second kappa shape index (κ2) is 21.7. The topological polar surface area (TPSA) is 93.8 Å². The molecule has 1 N–H and O–H groups in total. The third-order valence-electron chi connectivity index (χ3n) is 16.5. The third kappa shape index (κ3) is 9.03. The maximum Gasteiger partial charge on any atom is 0.234 e. The summed E-state index contributed by atoms with van der Waals surface area (Å²) in [7, 11) is 0. The maximum absolute atomic E-state index is 13.8. The van der Waals surface area contributed by atoms with E-state index in [4.69, 9.17) is 10.2 Å². The zero-order chi connectivity index (χ0) is 55.0. The highest BCUT2D eigenvalue weighted by molar-refractivity contribution is 14.1. The van der Waals surface area contributed by atoms with Gasteiger partial charge in [-0.15, -0.1) is 0 Å². The lowest BCUT2D eigenvalue weighted by Gasteiger charge is -2.37. The summed E-state index contributed by atoms with van der Waals surface area (Å²) in [6, 6.07) is 85.3. The number of nitrogens with one attached hydrogen (secondary N) is 1. The van der Waals surface area contributed by atoms with Crippen molar-refractivity contribution in [3.8, 4) is 22.5 Å². The second-order valence-electron chi connectivity index (χ2n) is 21.3. The van der Waals surface area contributed by atoms with E-state index in [1.807, 2.05) is 43.3 Å². The predicted octanol–water partition coefficient (Wildman–Crippen LogP) is 14.8. The van der Waals surface area contributed by atoms with Gasteiger partial charge in [0.05, 0.1) is 16.4 Å². The van der Waals surface area contributed by atoms with Crippen LogP contribution in [0.3, 0.4) is 0 Å². The molecule has 2 aliphatic rings. The van der Waals surface area contributed by atoms with E-state index in [0.29, 0.717) is 0 Å². The first kappa shape index (κ1) is 51.6. The number of benzene rings is 8. The van der Waals surface area contributed by atoms with Crippen molar-refractivity contribution in [2.45, 2.75) is 37.8 Å². The van der Waals surface area contributed by atoms with Crippen LogP contribution in [-0.4, -0.2) is 55.1 Å². The van der Waals surface area contributed by atoms with E-state index in [9.17, 15) is 4.79 Å². The van der Waals surface area contributed by atoms with Crippen molar-refractivity contribution in [2.75, 3.05) is 24.5 Å². The number of hydrogen-bond donors (Lipinski definition) is 1. The van der Waals surface area contributed by atoms with Crippen molar-refractivity contribution in [1.29, 1.82) is 0 Å². The van der Waals surface area contributed by atoms with E-state index in [2.05, 4.69) is 278 Å². The largest absolute Gasteiger partial charge is 0.316 e. The van der Waals surface area contributed by atoms with Gasteiger partial charge in [0.1, 0.15) is 22.5 Å². The van der Waals surface area contributed by atoms with E-state index >= 15 is 0 Å². The number of aryl methyl sites for hydroxylation is 2. The molecule has 6 heterocycles. The molecule has 0 radical (unpaired) electrons. The Balaban J connectivity index is 0.000000156. The molecule has 1 spiro atoms. The number of halogens is 1. The summed E-state index contributed by atoms with van der Waals surface area (Å²) in [5, 5.41) is 16.5. The Morgan fingerprint density at radius 3 is 1.25 bits per heavy atom. The third-order valence-corrected chi connectivity index (χ3v) is 17.2. The fourth-order valence-electron chi connectivity index (χ4n) is 12.7. The Bertz CT molecular complexity index is 3990. The molecular weight excluding hydrogens is 1110 g/mol. The van der Waals surface area contributed by atoms with Crippen LogP contribution in [0.4, 0.5) is 5.69 Å². The van der Waals surface area contributed by atoms with Gasteiger partial charge >= 0.3 is 0 Å². The smallest absolute Gasteiger partial charge is 0.234 e. The Morgan fingerprint density at radius 2 is 0.864 bits per heavy atom. The van der Waals surface area contributed by atoms with Gasteiger partial charge in [-0.25, -0.2) is 9.36 Å². The standard InChI is InChI=1S/C39H35N5O.C32H24IN3/c1-28-25-29(19-22-41-28)36-34-26-33(43-24-21-38(37(43)45)20-23-40-27-38)17-18-35(34)44(42-36)39(30-11-5-2-6-12-30,31-13-7-3-8-14-31)32-15-9-4-10-16-32;1-23-21-24(19-20-34-23)31-29-22-28(33)17-18-30(29)36(35-31)32(25-11-5-2-6-12-25,26-13-7-3-8-14-26)27-15-9-4-10-16-27/h2-19,22,25-26,40H,20-21,23-24,27H2,1H3;2-22H,1H3/t38-;/m0./s1. The fourth-order valence-corrected chi connectivity index (χ4v) is 13.2. The van der Waals surface area contributed by atoms with Crippen molar-refractivity contribution in [3.05, 3.63) is 303 Å². The molecule has 81 heavy (non-hydrogen) atoms. The summed E-state index contributed by atoms with van der Waals surface area (Å²) >= 11 is 2.39. The molecule has 12 aromatic rings. The van der Waals surface area contributed by atoms with Gasteiger partial charge in [0.25, 0.3) is 0 Å².